The van der Waals surface area contributed by atoms with E-state index >= 15 is 0 Å². The second-order valence-corrected chi connectivity index (χ2v) is 2.95. The summed E-state index contributed by atoms with van der Waals surface area (Å²) in [6.45, 7) is 0. The van der Waals surface area contributed by atoms with E-state index < -0.39 is 0 Å². The average Bonchev–Trinajstić information content (AvgIpc) is 2.34. The van der Waals surface area contributed by atoms with Crippen molar-refractivity contribution in [1.82, 2.24) is 4.98 Å². The van der Waals surface area contributed by atoms with Gasteiger partial charge in [0.1, 0.15) is 6.26 Å². The second-order valence-electron chi connectivity index (χ2n) is 1.48. The highest BCUT2D eigenvalue weighted by atomic mass is 79.9. The zero-order chi connectivity index (χ0) is 7.56. The molecule has 1 aromatic heterocycles. The summed E-state index contributed by atoms with van der Waals surface area (Å²) in [6.07, 6.45) is 3.15. The van der Waals surface area contributed by atoms with Gasteiger partial charge in [-0.1, -0.05) is 11.8 Å². The molecule has 0 saturated heterocycles. The molecule has 0 unspecified atom stereocenters. The maximum Gasteiger partial charge on any atom is 0.255 e. The van der Waals surface area contributed by atoms with Crippen LogP contribution in [-0.2, 0) is 0 Å². The lowest BCUT2D eigenvalue weighted by atomic mass is 10.6. The minimum Gasteiger partial charge on any atom is -0.439 e. The van der Waals surface area contributed by atoms with E-state index in [9.17, 15) is 4.79 Å². The van der Waals surface area contributed by atoms with Crippen molar-refractivity contribution < 1.29 is 9.21 Å². The van der Waals surface area contributed by atoms with Gasteiger partial charge in [-0.3, -0.25) is 4.79 Å². The topological polar surface area (TPSA) is 43.1 Å². The molecule has 5 heteroatoms. The summed E-state index contributed by atoms with van der Waals surface area (Å²) in [7, 11) is 0. The van der Waals surface area contributed by atoms with E-state index in [1.165, 1.54) is 18.0 Å². The molecule has 10 heavy (non-hydrogen) atoms. The fourth-order valence-corrected chi connectivity index (χ4v) is 0.957. The number of aromatic nitrogens is 1. The Balaban J connectivity index is 2.88. The Labute approximate surface area is 70.3 Å². The van der Waals surface area contributed by atoms with Crippen molar-refractivity contribution in [3.05, 3.63) is 12.0 Å². The van der Waals surface area contributed by atoms with Crippen LogP contribution in [0.5, 0.6) is 0 Å². The van der Waals surface area contributed by atoms with E-state index in [0.29, 0.717) is 10.9 Å². The van der Waals surface area contributed by atoms with Crippen LogP contribution in [-0.4, -0.2) is 15.9 Å². The molecule has 0 N–H and O–H groups in total. The molecular weight excluding hydrogens is 218 g/mol. The van der Waals surface area contributed by atoms with E-state index in [1.54, 1.807) is 0 Å². The highest BCUT2D eigenvalue weighted by molar-refractivity contribution is 9.18. The summed E-state index contributed by atoms with van der Waals surface area (Å²) < 4.78 is 4.62. The van der Waals surface area contributed by atoms with Crippen LogP contribution in [0.15, 0.2) is 15.9 Å². The van der Waals surface area contributed by atoms with Gasteiger partial charge in [-0.2, -0.15) is 4.98 Å². The summed E-state index contributed by atoms with van der Waals surface area (Å²) in [5, 5.41) is 0.503. The molecule has 3 nitrogen and oxygen atoms in total. The van der Waals surface area contributed by atoms with Gasteiger partial charge in [0.25, 0.3) is 5.22 Å². The standard InChI is InChI=1S/C5H4BrNO2S/c1-10-5-7-3(2-9-5)4(6)8/h2H,1H3. The first kappa shape index (κ1) is 7.81. The van der Waals surface area contributed by atoms with E-state index in [2.05, 4.69) is 20.9 Å². The smallest absolute Gasteiger partial charge is 0.255 e. The fourth-order valence-electron chi connectivity index (χ4n) is 0.441. The molecule has 0 spiro atoms. The van der Waals surface area contributed by atoms with E-state index in [4.69, 9.17) is 4.42 Å². The molecule has 0 aliphatic carbocycles. The molecule has 0 aliphatic heterocycles. The number of nitrogens with zero attached hydrogens (tertiary/aromatic N) is 1. The lowest BCUT2D eigenvalue weighted by molar-refractivity contribution is 0.109. The van der Waals surface area contributed by atoms with Crippen LogP contribution in [0, 0.1) is 0 Å². The van der Waals surface area contributed by atoms with Crippen molar-refractivity contribution in [3.8, 4) is 0 Å². The summed E-state index contributed by atoms with van der Waals surface area (Å²) >= 11 is 4.11. The van der Waals surface area contributed by atoms with E-state index in [1.807, 2.05) is 6.26 Å². The highest BCUT2D eigenvalue weighted by Gasteiger charge is 2.06. The first-order valence-electron chi connectivity index (χ1n) is 2.43. The third-order valence-electron chi connectivity index (χ3n) is 0.859. The number of thioether (sulfide) groups is 1. The lowest BCUT2D eigenvalue weighted by Gasteiger charge is -1.79. The molecule has 0 aromatic carbocycles. The van der Waals surface area contributed by atoms with Gasteiger partial charge in [0.2, 0.25) is 4.69 Å². The predicted molar refractivity (Wildman–Crippen MR) is 41.5 cm³/mol. The molecule has 1 rings (SSSR count). The fraction of sp³-hybridized carbons (Fsp3) is 0.200. The quantitative estimate of drug-likeness (QED) is 0.566. The van der Waals surface area contributed by atoms with Gasteiger partial charge in [-0.15, -0.1) is 0 Å². The van der Waals surface area contributed by atoms with Gasteiger partial charge in [-0.25, -0.2) is 0 Å². The molecule has 0 aliphatic rings. The molecule has 0 amide bonds. The Morgan fingerprint density at radius 1 is 1.90 bits per heavy atom. The van der Waals surface area contributed by atoms with Crippen LogP contribution >= 0.6 is 27.7 Å². The Morgan fingerprint density at radius 2 is 2.60 bits per heavy atom. The number of oxazole rings is 1. The number of rotatable bonds is 2. The van der Waals surface area contributed by atoms with Gasteiger partial charge in [0.05, 0.1) is 0 Å². The second kappa shape index (κ2) is 3.21. The number of hydrogen-bond acceptors (Lipinski definition) is 4. The third-order valence-corrected chi connectivity index (χ3v) is 1.80. The molecule has 54 valence electrons. The Bertz CT molecular complexity index is 248. The molecule has 0 fully saturated rings. The van der Waals surface area contributed by atoms with Crippen LogP contribution < -0.4 is 0 Å². The summed E-state index contributed by atoms with van der Waals surface area (Å²) in [4.78, 5) is 14.4. The number of carbonyl (C=O) groups is 1. The van der Waals surface area contributed by atoms with Gasteiger partial charge in [0.15, 0.2) is 5.69 Å². The molecule has 0 bridgehead atoms. The van der Waals surface area contributed by atoms with Crippen LogP contribution in [0.2, 0.25) is 0 Å². The number of halogens is 1. The predicted octanol–water partition coefficient (Wildman–Crippen LogP) is 1.93. The Kier molecular flexibility index (Phi) is 2.50. The lowest BCUT2D eigenvalue weighted by Crippen LogP contribution is -1.85. The third kappa shape index (κ3) is 1.60. The largest absolute Gasteiger partial charge is 0.439 e. The minimum atomic E-state index is -0.253. The van der Waals surface area contributed by atoms with Crippen molar-refractivity contribution in [2.45, 2.75) is 5.22 Å². The number of carbonyl (C=O) groups excluding carboxylic acids is 1. The first-order valence-corrected chi connectivity index (χ1v) is 4.45. The Hall–Kier alpha value is -0.290. The molecule has 0 atom stereocenters. The summed E-state index contributed by atoms with van der Waals surface area (Å²) in [5.41, 5.74) is 0.310. The zero-order valence-electron chi connectivity index (χ0n) is 5.13. The van der Waals surface area contributed by atoms with Gasteiger partial charge < -0.3 is 4.42 Å². The van der Waals surface area contributed by atoms with E-state index in [-0.39, 0.29) is 4.69 Å². The number of hydrogen-bond donors (Lipinski definition) is 0. The van der Waals surface area contributed by atoms with E-state index in [0.717, 1.165) is 0 Å². The monoisotopic (exact) mass is 221 g/mol. The van der Waals surface area contributed by atoms with Crippen LogP contribution in [0.1, 0.15) is 10.5 Å². The SMILES string of the molecule is CSc1nc(C(=O)Br)co1. The van der Waals surface area contributed by atoms with Crippen molar-refractivity contribution in [1.29, 1.82) is 0 Å². The summed E-state index contributed by atoms with van der Waals surface area (Å²) in [6, 6.07) is 0. The maximum absolute atomic E-state index is 10.6. The molecule has 0 radical (unpaired) electrons. The van der Waals surface area contributed by atoms with Crippen molar-refractivity contribution in [3.63, 3.8) is 0 Å². The van der Waals surface area contributed by atoms with Crippen LogP contribution in [0.25, 0.3) is 0 Å². The normalized spacial score (nSPS) is 9.80. The van der Waals surface area contributed by atoms with Crippen molar-refractivity contribution >= 4 is 32.4 Å². The van der Waals surface area contributed by atoms with Gasteiger partial charge >= 0.3 is 0 Å². The van der Waals surface area contributed by atoms with Gasteiger partial charge in [-0.05, 0) is 22.2 Å². The maximum atomic E-state index is 10.6. The molecular formula is C5H4BrNO2S. The molecule has 1 aromatic rings. The average molecular weight is 222 g/mol. The molecule has 1 heterocycles. The van der Waals surface area contributed by atoms with Crippen LogP contribution in [0.4, 0.5) is 0 Å². The Morgan fingerprint density at radius 3 is 2.90 bits per heavy atom. The van der Waals surface area contributed by atoms with Crippen LogP contribution in [0.3, 0.4) is 0 Å². The summed E-state index contributed by atoms with van der Waals surface area (Å²) in [5.74, 6) is 0. The zero-order valence-corrected chi connectivity index (χ0v) is 7.53. The van der Waals surface area contributed by atoms with Gasteiger partial charge in [0, 0.05) is 0 Å². The molecule has 0 saturated carbocycles. The minimum absolute atomic E-state index is 0.253. The first-order chi connectivity index (χ1) is 4.74. The van der Waals surface area contributed by atoms with Crippen molar-refractivity contribution in [2.24, 2.45) is 0 Å². The van der Waals surface area contributed by atoms with Crippen molar-refractivity contribution in [2.75, 3.05) is 6.26 Å². The highest BCUT2D eigenvalue weighted by Crippen LogP contribution is 2.14.